The van der Waals surface area contributed by atoms with Crippen molar-refractivity contribution in [2.24, 2.45) is 0 Å². The summed E-state index contributed by atoms with van der Waals surface area (Å²) < 4.78 is 37.8. The van der Waals surface area contributed by atoms with Gasteiger partial charge in [0.25, 0.3) is 0 Å². The SMILES string of the molecule is Cc1ccc(CNC2(C(F)(F)F)CC2)cn1. The van der Waals surface area contributed by atoms with E-state index in [1.165, 1.54) is 0 Å². The molecular weight excluding hydrogens is 217 g/mol. The van der Waals surface area contributed by atoms with Crippen molar-refractivity contribution in [2.45, 2.75) is 38.0 Å². The van der Waals surface area contributed by atoms with E-state index >= 15 is 0 Å². The number of nitrogens with zero attached hydrogens (tertiary/aromatic N) is 1. The van der Waals surface area contributed by atoms with Crippen molar-refractivity contribution >= 4 is 0 Å². The van der Waals surface area contributed by atoms with E-state index in [9.17, 15) is 13.2 Å². The van der Waals surface area contributed by atoms with Crippen LogP contribution in [0.2, 0.25) is 0 Å². The van der Waals surface area contributed by atoms with E-state index in [1.807, 2.05) is 6.92 Å². The molecule has 16 heavy (non-hydrogen) atoms. The van der Waals surface area contributed by atoms with Crippen LogP contribution >= 0.6 is 0 Å². The molecule has 0 saturated heterocycles. The third kappa shape index (κ3) is 2.19. The summed E-state index contributed by atoms with van der Waals surface area (Å²) in [5.41, 5.74) is -0.000401. The van der Waals surface area contributed by atoms with Crippen LogP contribution in [0.4, 0.5) is 13.2 Å². The monoisotopic (exact) mass is 230 g/mol. The third-order valence-corrected chi connectivity index (χ3v) is 2.90. The van der Waals surface area contributed by atoms with E-state index in [0.29, 0.717) is 0 Å². The Morgan fingerprint density at radius 1 is 1.38 bits per heavy atom. The van der Waals surface area contributed by atoms with Crippen LogP contribution in [0.25, 0.3) is 0 Å². The summed E-state index contributed by atoms with van der Waals surface area (Å²) in [6.07, 6.45) is -2.19. The van der Waals surface area contributed by atoms with Gasteiger partial charge in [0.05, 0.1) is 0 Å². The number of nitrogens with one attached hydrogen (secondary N) is 1. The minimum absolute atomic E-state index is 0.176. The molecule has 1 saturated carbocycles. The van der Waals surface area contributed by atoms with Gasteiger partial charge in [-0.3, -0.25) is 10.3 Å². The Hall–Kier alpha value is -1.10. The van der Waals surface area contributed by atoms with Crippen molar-refractivity contribution in [1.82, 2.24) is 10.3 Å². The second kappa shape index (κ2) is 3.73. The molecule has 1 fully saturated rings. The molecule has 0 aromatic carbocycles. The lowest BCUT2D eigenvalue weighted by Gasteiger charge is -2.20. The lowest BCUT2D eigenvalue weighted by Crippen LogP contribution is -2.44. The number of aryl methyl sites for hydroxylation is 1. The Bertz CT molecular complexity index is 366. The highest BCUT2D eigenvalue weighted by Gasteiger charge is 2.62. The normalized spacial score (nSPS) is 18.5. The molecule has 1 aliphatic carbocycles. The summed E-state index contributed by atoms with van der Waals surface area (Å²) in [4.78, 5) is 4.04. The minimum Gasteiger partial charge on any atom is -0.299 e. The van der Waals surface area contributed by atoms with Crippen LogP contribution in [-0.2, 0) is 6.54 Å². The number of alkyl halides is 3. The molecule has 0 spiro atoms. The standard InChI is InChI=1S/C11H13F3N2/c1-8-2-3-9(6-15-8)7-16-10(4-5-10)11(12,13)14/h2-3,6,16H,4-5,7H2,1H3. The van der Waals surface area contributed by atoms with Gasteiger partial charge in [0.2, 0.25) is 0 Å². The maximum absolute atomic E-state index is 12.6. The van der Waals surface area contributed by atoms with Crippen LogP contribution in [0.3, 0.4) is 0 Å². The van der Waals surface area contributed by atoms with Gasteiger partial charge in [0.15, 0.2) is 0 Å². The molecule has 1 aliphatic rings. The van der Waals surface area contributed by atoms with E-state index in [2.05, 4.69) is 10.3 Å². The van der Waals surface area contributed by atoms with Crippen LogP contribution < -0.4 is 5.32 Å². The lowest BCUT2D eigenvalue weighted by atomic mass is 10.2. The number of aromatic nitrogens is 1. The average molecular weight is 230 g/mol. The molecule has 1 N–H and O–H groups in total. The molecule has 0 unspecified atom stereocenters. The summed E-state index contributed by atoms with van der Waals surface area (Å²) in [6.45, 7) is 2.06. The lowest BCUT2D eigenvalue weighted by molar-refractivity contribution is -0.166. The van der Waals surface area contributed by atoms with Gasteiger partial charge < -0.3 is 0 Å². The Balaban J connectivity index is 1.96. The van der Waals surface area contributed by atoms with Gasteiger partial charge in [-0.25, -0.2) is 0 Å². The zero-order chi connectivity index (χ0) is 11.8. The quantitative estimate of drug-likeness (QED) is 0.863. The fourth-order valence-corrected chi connectivity index (χ4v) is 1.56. The van der Waals surface area contributed by atoms with Gasteiger partial charge >= 0.3 is 6.18 Å². The van der Waals surface area contributed by atoms with Gasteiger partial charge in [-0.1, -0.05) is 6.07 Å². The van der Waals surface area contributed by atoms with Crippen molar-refractivity contribution in [3.8, 4) is 0 Å². The molecule has 5 heteroatoms. The van der Waals surface area contributed by atoms with Crippen molar-refractivity contribution < 1.29 is 13.2 Å². The molecule has 0 radical (unpaired) electrons. The molecule has 2 rings (SSSR count). The molecule has 1 aromatic rings. The smallest absolute Gasteiger partial charge is 0.299 e. The summed E-state index contributed by atoms with van der Waals surface area (Å²) in [5, 5.41) is 2.58. The van der Waals surface area contributed by atoms with Crippen molar-refractivity contribution in [3.05, 3.63) is 29.6 Å². The van der Waals surface area contributed by atoms with Crippen LogP contribution in [0, 0.1) is 6.92 Å². The molecule has 0 bridgehead atoms. The highest BCUT2D eigenvalue weighted by atomic mass is 19.4. The summed E-state index contributed by atoms with van der Waals surface area (Å²) in [7, 11) is 0. The largest absolute Gasteiger partial charge is 0.406 e. The van der Waals surface area contributed by atoms with Crippen LogP contribution in [-0.4, -0.2) is 16.7 Å². The van der Waals surface area contributed by atoms with Gasteiger partial charge in [-0.2, -0.15) is 13.2 Å². The second-order valence-corrected chi connectivity index (χ2v) is 4.24. The molecule has 0 atom stereocenters. The number of hydrogen-bond acceptors (Lipinski definition) is 2. The zero-order valence-corrected chi connectivity index (χ0v) is 8.93. The Morgan fingerprint density at radius 3 is 2.50 bits per heavy atom. The molecule has 0 amide bonds. The predicted molar refractivity (Wildman–Crippen MR) is 53.8 cm³/mol. The van der Waals surface area contributed by atoms with Gasteiger partial charge in [-0.05, 0) is 31.4 Å². The fraction of sp³-hybridized carbons (Fsp3) is 0.545. The van der Waals surface area contributed by atoms with Gasteiger partial charge in [-0.15, -0.1) is 0 Å². The summed E-state index contributed by atoms with van der Waals surface area (Å²) in [6, 6.07) is 3.59. The van der Waals surface area contributed by atoms with Crippen LogP contribution in [0.5, 0.6) is 0 Å². The van der Waals surface area contributed by atoms with E-state index in [0.717, 1.165) is 11.3 Å². The first kappa shape index (κ1) is 11.4. The van der Waals surface area contributed by atoms with E-state index in [4.69, 9.17) is 0 Å². The summed E-state index contributed by atoms with van der Waals surface area (Å²) in [5.74, 6) is 0. The molecule has 1 aromatic heterocycles. The molecule has 0 aliphatic heterocycles. The Labute approximate surface area is 91.9 Å². The van der Waals surface area contributed by atoms with E-state index in [1.54, 1.807) is 18.3 Å². The molecule has 1 heterocycles. The first-order chi connectivity index (χ1) is 7.43. The summed E-state index contributed by atoms with van der Waals surface area (Å²) >= 11 is 0. The maximum atomic E-state index is 12.6. The van der Waals surface area contributed by atoms with E-state index < -0.39 is 11.7 Å². The first-order valence-corrected chi connectivity index (χ1v) is 5.16. The minimum atomic E-state index is -4.15. The zero-order valence-electron chi connectivity index (χ0n) is 8.93. The molecule has 2 nitrogen and oxygen atoms in total. The number of halogens is 3. The fourth-order valence-electron chi connectivity index (χ4n) is 1.56. The number of rotatable bonds is 3. The topological polar surface area (TPSA) is 24.9 Å². The van der Waals surface area contributed by atoms with Gasteiger partial charge in [0.1, 0.15) is 5.54 Å². The number of pyridine rings is 1. The first-order valence-electron chi connectivity index (χ1n) is 5.16. The van der Waals surface area contributed by atoms with Crippen molar-refractivity contribution in [1.29, 1.82) is 0 Å². The highest BCUT2D eigenvalue weighted by molar-refractivity contribution is 5.15. The van der Waals surface area contributed by atoms with Crippen LogP contribution in [0.15, 0.2) is 18.3 Å². The Kier molecular flexibility index (Phi) is 2.66. The molecular formula is C11H13F3N2. The van der Waals surface area contributed by atoms with Gasteiger partial charge in [0, 0.05) is 18.4 Å². The van der Waals surface area contributed by atoms with Crippen LogP contribution in [0.1, 0.15) is 24.1 Å². The maximum Gasteiger partial charge on any atom is 0.406 e. The Morgan fingerprint density at radius 2 is 2.06 bits per heavy atom. The highest BCUT2D eigenvalue weighted by Crippen LogP contribution is 2.48. The third-order valence-electron chi connectivity index (χ3n) is 2.90. The predicted octanol–water partition coefficient (Wildman–Crippen LogP) is 2.57. The number of hydrogen-bond donors (Lipinski definition) is 1. The average Bonchev–Trinajstić information content (AvgIpc) is 2.97. The van der Waals surface area contributed by atoms with Crippen molar-refractivity contribution in [3.63, 3.8) is 0 Å². The van der Waals surface area contributed by atoms with Crippen molar-refractivity contribution in [2.75, 3.05) is 0 Å². The second-order valence-electron chi connectivity index (χ2n) is 4.24. The van der Waals surface area contributed by atoms with E-state index in [-0.39, 0.29) is 19.4 Å². The molecule has 88 valence electrons.